The van der Waals surface area contributed by atoms with Crippen LogP contribution in [-0.4, -0.2) is 26.7 Å². The van der Waals surface area contributed by atoms with Gasteiger partial charge in [0.1, 0.15) is 5.75 Å². The number of aryl methyl sites for hydroxylation is 2. The molecule has 0 heterocycles. The van der Waals surface area contributed by atoms with Crippen LogP contribution in [0.4, 0.5) is 11.4 Å². The Balaban J connectivity index is 1.56. The average Bonchev–Trinajstić information content (AvgIpc) is 2.78. The van der Waals surface area contributed by atoms with Crippen molar-refractivity contribution in [2.75, 3.05) is 31.5 Å². The fraction of sp³-hybridized carbons (Fsp3) is 0.240. The lowest BCUT2D eigenvalue weighted by Gasteiger charge is -2.14. The summed E-state index contributed by atoms with van der Waals surface area (Å²) in [4.78, 5) is 12.3. The van der Waals surface area contributed by atoms with Gasteiger partial charge >= 0.3 is 0 Å². The summed E-state index contributed by atoms with van der Waals surface area (Å²) >= 11 is 0. The highest BCUT2D eigenvalue weighted by Crippen LogP contribution is 2.28. The Bertz CT molecular complexity index is 1030. The van der Waals surface area contributed by atoms with Crippen molar-refractivity contribution in [3.63, 3.8) is 0 Å². The van der Waals surface area contributed by atoms with Crippen LogP contribution in [0.25, 0.3) is 0 Å². The monoisotopic (exact) mass is 420 g/mol. The fourth-order valence-electron chi connectivity index (χ4n) is 3.14. The SMILES string of the molecule is COc1ccc(NCc2ccc(OCC(=O)Nc3ccc(C)cc3C)c(OC)c2)cc1. The molecular weight excluding hydrogens is 392 g/mol. The van der Waals surface area contributed by atoms with Gasteiger partial charge in [0.05, 0.1) is 14.2 Å². The van der Waals surface area contributed by atoms with E-state index in [1.54, 1.807) is 14.2 Å². The molecule has 0 aliphatic rings. The summed E-state index contributed by atoms with van der Waals surface area (Å²) in [6, 6.07) is 19.3. The van der Waals surface area contributed by atoms with E-state index >= 15 is 0 Å². The third-order valence-electron chi connectivity index (χ3n) is 4.83. The zero-order valence-corrected chi connectivity index (χ0v) is 18.3. The number of rotatable bonds is 9. The summed E-state index contributed by atoms with van der Waals surface area (Å²) in [6.07, 6.45) is 0. The highest BCUT2D eigenvalue weighted by Gasteiger charge is 2.10. The minimum atomic E-state index is -0.223. The van der Waals surface area contributed by atoms with Crippen molar-refractivity contribution in [3.8, 4) is 17.2 Å². The van der Waals surface area contributed by atoms with Gasteiger partial charge < -0.3 is 24.8 Å². The molecule has 6 heteroatoms. The molecule has 0 aromatic heterocycles. The number of ether oxygens (including phenoxy) is 3. The molecule has 6 nitrogen and oxygen atoms in total. The van der Waals surface area contributed by atoms with E-state index in [0.29, 0.717) is 18.0 Å². The summed E-state index contributed by atoms with van der Waals surface area (Å²) in [5.41, 5.74) is 4.96. The van der Waals surface area contributed by atoms with Crippen LogP contribution < -0.4 is 24.8 Å². The average molecular weight is 421 g/mol. The lowest BCUT2D eigenvalue weighted by atomic mass is 10.1. The van der Waals surface area contributed by atoms with Gasteiger partial charge in [0, 0.05) is 17.9 Å². The van der Waals surface area contributed by atoms with Crippen molar-refractivity contribution in [1.82, 2.24) is 0 Å². The molecule has 3 aromatic carbocycles. The smallest absolute Gasteiger partial charge is 0.262 e. The maximum atomic E-state index is 12.3. The van der Waals surface area contributed by atoms with E-state index in [2.05, 4.69) is 10.6 Å². The molecule has 0 bridgehead atoms. The van der Waals surface area contributed by atoms with E-state index in [1.807, 2.05) is 74.5 Å². The maximum Gasteiger partial charge on any atom is 0.262 e. The third kappa shape index (κ3) is 6.15. The first-order valence-corrected chi connectivity index (χ1v) is 10.0. The Morgan fingerprint density at radius 2 is 1.65 bits per heavy atom. The topological polar surface area (TPSA) is 68.8 Å². The Kier molecular flexibility index (Phi) is 7.38. The second-order valence-corrected chi connectivity index (χ2v) is 7.22. The molecule has 162 valence electrons. The van der Waals surface area contributed by atoms with Crippen molar-refractivity contribution in [2.24, 2.45) is 0 Å². The molecule has 3 rings (SSSR count). The van der Waals surface area contributed by atoms with Crippen LogP contribution in [0.5, 0.6) is 17.2 Å². The van der Waals surface area contributed by atoms with Crippen LogP contribution in [-0.2, 0) is 11.3 Å². The van der Waals surface area contributed by atoms with E-state index in [-0.39, 0.29) is 12.5 Å². The number of amides is 1. The second kappa shape index (κ2) is 10.4. The number of benzene rings is 3. The van der Waals surface area contributed by atoms with Gasteiger partial charge in [-0.1, -0.05) is 23.8 Å². The quantitative estimate of drug-likeness (QED) is 0.513. The van der Waals surface area contributed by atoms with Gasteiger partial charge in [0.15, 0.2) is 18.1 Å². The van der Waals surface area contributed by atoms with Crippen LogP contribution in [0.2, 0.25) is 0 Å². The van der Waals surface area contributed by atoms with Gasteiger partial charge in [0.2, 0.25) is 0 Å². The minimum absolute atomic E-state index is 0.104. The summed E-state index contributed by atoms with van der Waals surface area (Å²) in [6.45, 7) is 4.50. The lowest BCUT2D eigenvalue weighted by Crippen LogP contribution is -2.20. The minimum Gasteiger partial charge on any atom is -0.497 e. The predicted octanol–water partition coefficient (Wildman–Crippen LogP) is 4.95. The number of anilines is 2. The first-order chi connectivity index (χ1) is 15.0. The van der Waals surface area contributed by atoms with E-state index in [1.165, 1.54) is 0 Å². The second-order valence-electron chi connectivity index (χ2n) is 7.22. The molecule has 2 N–H and O–H groups in total. The van der Waals surface area contributed by atoms with Gasteiger partial charge in [-0.2, -0.15) is 0 Å². The van der Waals surface area contributed by atoms with E-state index in [0.717, 1.165) is 33.8 Å². The van der Waals surface area contributed by atoms with E-state index < -0.39 is 0 Å². The Morgan fingerprint density at radius 3 is 2.32 bits per heavy atom. The summed E-state index contributed by atoms with van der Waals surface area (Å²) in [7, 11) is 3.23. The standard InChI is InChI=1S/C25H28N2O4/c1-17-5-11-22(18(2)13-17)27-25(28)16-31-23-12-6-19(14-24(23)30-4)15-26-20-7-9-21(29-3)10-8-20/h5-14,26H,15-16H2,1-4H3,(H,27,28). The van der Waals surface area contributed by atoms with Crippen LogP contribution in [0.15, 0.2) is 60.7 Å². The van der Waals surface area contributed by atoms with Crippen LogP contribution in [0.1, 0.15) is 16.7 Å². The normalized spacial score (nSPS) is 10.3. The molecule has 0 aliphatic carbocycles. The van der Waals surface area contributed by atoms with Crippen LogP contribution in [0, 0.1) is 13.8 Å². The van der Waals surface area contributed by atoms with Gasteiger partial charge in [-0.05, 0) is 67.4 Å². The van der Waals surface area contributed by atoms with Crippen molar-refractivity contribution >= 4 is 17.3 Å². The van der Waals surface area contributed by atoms with Crippen molar-refractivity contribution in [2.45, 2.75) is 20.4 Å². The number of nitrogens with one attached hydrogen (secondary N) is 2. The summed E-state index contributed by atoms with van der Waals surface area (Å²) < 4.78 is 16.3. The highest BCUT2D eigenvalue weighted by molar-refractivity contribution is 5.92. The van der Waals surface area contributed by atoms with Crippen molar-refractivity contribution in [3.05, 3.63) is 77.4 Å². The first kappa shape index (κ1) is 22.0. The molecule has 0 unspecified atom stereocenters. The highest BCUT2D eigenvalue weighted by atomic mass is 16.5. The molecule has 0 saturated heterocycles. The lowest BCUT2D eigenvalue weighted by molar-refractivity contribution is -0.118. The number of carbonyl (C=O) groups is 1. The van der Waals surface area contributed by atoms with Crippen molar-refractivity contribution in [1.29, 1.82) is 0 Å². The number of hydrogen-bond acceptors (Lipinski definition) is 5. The zero-order chi connectivity index (χ0) is 22.2. The molecular formula is C25H28N2O4. The molecule has 0 saturated carbocycles. The van der Waals surface area contributed by atoms with E-state index in [4.69, 9.17) is 14.2 Å². The number of methoxy groups -OCH3 is 2. The zero-order valence-electron chi connectivity index (χ0n) is 18.3. The van der Waals surface area contributed by atoms with Gasteiger partial charge in [-0.15, -0.1) is 0 Å². The van der Waals surface area contributed by atoms with Crippen LogP contribution >= 0.6 is 0 Å². The third-order valence-corrected chi connectivity index (χ3v) is 4.83. The number of hydrogen-bond donors (Lipinski definition) is 2. The molecule has 3 aromatic rings. The fourth-order valence-corrected chi connectivity index (χ4v) is 3.14. The largest absolute Gasteiger partial charge is 0.497 e. The molecule has 0 aliphatic heterocycles. The molecule has 31 heavy (non-hydrogen) atoms. The summed E-state index contributed by atoms with van der Waals surface area (Å²) in [5, 5.41) is 6.23. The Morgan fingerprint density at radius 1 is 0.871 bits per heavy atom. The van der Waals surface area contributed by atoms with Crippen molar-refractivity contribution < 1.29 is 19.0 Å². The summed E-state index contributed by atoms with van der Waals surface area (Å²) in [5.74, 6) is 1.69. The van der Waals surface area contributed by atoms with Gasteiger partial charge in [-0.3, -0.25) is 4.79 Å². The molecule has 0 fully saturated rings. The Hall–Kier alpha value is -3.67. The first-order valence-electron chi connectivity index (χ1n) is 10.0. The number of carbonyl (C=O) groups excluding carboxylic acids is 1. The molecule has 0 radical (unpaired) electrons. The predicted molar refractivity (Wildman–Crippen MR) is 123 cm³/mol. The van der Waals surface area contributed by atoms with Crippen LogP contribution in [0.3, 0.4) is 0 Å². The molecule has 0 spiro atoms. The Labute approximate surface area is 183 Å². The molecule has 0 atom stereocenters. The van der Waals surface area contributed by atoms with E-state index in [9.17, 15) is 4.79 Å². The van der Waals surface area contributed by atoms with Gasteiger partial charge in [0.25, 0.3) is 5.91 Å². The van der Waals surface area contributed by atoms with Gasteiger partial charge in [-0.25, -0.2) is 0 Å². The molecule has 1 amide bonds. The maximum absolute atomic E-state index is 12.3.